The normalized spacial score (nSPS) is 11.9. The summed E-state index contributed by atoms with van der Waals surface area (Å²) in [5.74, 6) is -0.845. The van der Waals surface area contributed by atoms with Crippen molar-refractivity contribution in [1.29, 1.82) is 0 Å². The molecule has 6 heteroatoms. The van der Waals surface area contributed by atoms with E-state index in [-0.39, 0.29) is 31.1 Å². The zero-order chi connectivity index (χ0) is 47.2. The molecule has 0 aliphatic rings. The number of hydrogen-bond donors (Lipinski definition) is 0. The summed E-state index contributed by atoms with van der Waals surface area (Å²) in [7, 11) is 0. The molecule has 0 aromatic carbocycles. The van der Waals surface area contributed by atoms with Crippen LogP contribution in [0.15, 0.2) is 0 Å². The molecule has 0 aliphatic heterocycles. The van der Waals surface area contributed by atoms with E-state index in [9.17, 15) is 14.4 Å². The zero-order valence-electron chi connectivity index (χ0n) is 44.3. The molecule has 65 heavy (non-hydrogen) atoms. The molecule has 0 bridgehead atoms. The highest BCUT2D eigenvalue weighted by molar-refractivity contribution is 5.71. The van der Waals surface area contributed by atoms with E-state index < -0.39 is 6.10 Å². The highest BCUT2D eigenvalue weighted by atomic mass is 16.6. The van der Waals surface area contributed by atoms with Gasteiger partial charge in [-0.25, -0.2) is 0 Å². The molecule has 0 fully saturated rings. The van der Waals surface area contributed by atoms with Crippen molar-refractivity contribution >= 4 is 17.9 Å². The average Bonchev–Trinajstić information content (AvgIpc) is 3.30. The minimum atomic E-state index is -0.759. The van der Waals surface area contributed by atoms with Crippen molar-refractivity contribution in [1.82, 2.24) is 0 Å². The van der Waals surface area contributed by atoms with Gasteiger partial charge in [0.15, 0.2) is 6.10 Å². The van der Waals surface area contributed by atoms with E-state index in [0.29, 0.717) is 19.3 Å². The van der Waals surface area contributed by atoms with E-state index in [1.807, 2.05) is 0 Å². The molecule has 6 nitrogen and oxygen atoms in total. The van der Waals surface area contributed by atoms with Crippen molar-refractivity contribution in [3.8, 4) is 0 Å². The van der Waals surface area contributed by atoms with Crippen LogP contribution in [-0.2, 0) is 28.6 Å². The van der Waals surface area contributed by atoms with Gasteiger partial charge in [-0.2, -0.15) is 0 Å². The summed E-state index contributed by atoms with van der Waals surface area (Å²) >= 11 is 0. The number of unbranched alkanes of at least 4 members (excludes halogenated alkanes) is 44. The summed E-state index contributed by atoms with van der Waals surface area (Å²) in [6.07, 6.45) is 61.4. The molecule has 0 saturated heterocycles. The third-order valence-corrected chi connectivity index (χ3v) is 13.6. The third-order valence-electron chi connectivity index (χ3n) is 13.6. The van der Waals surface area contributed by atoms with Crippen molar-refractivity contribution in [3.63, 3.8) is 0 Å². The predicted octanol–water partition coefficient (Wildman–Crippen LogP) is 19.5. The highest BCUT2D eigenvalue weighted by Gasteiger charge is 2.19. The lowest BCUT2D eigenvalue weighted by molar-refractivity contribution is -0.167. The van der Waals surface area contributed by atoms with Gasteiger partial charge in [-0.3, -0.25) is 14.4 Å². The first-order valence-corrected chi connectivity index (χ1v) is 29.5. The van der Waals surface area contributed by atoms with E-state index >= 15 is 0 Å². The summed E-state index contributed by atoms with van der Waals surface area (Å²) in [6, 6.07) is 0. The van der Waals surface area contributed by atoms with E-state index in [0.717, 1.165) is 57.8 Å². The Hall–Kier alpha value is -1.59. The van der Waals surface area contributed by atoms with Gasteiger partial charge in [0.25, 0.3) is 0 Å². The first-order chi connectivity index (χ1) is 32.0. The number of esters is 3. The second-order valence-electron chi connectivity index (χ2n) is 20.3. The van der Waals surface area contributed by atoms with Crippen LogP contribution in [0.5, 0.6) is 0 Å². The van der Waals surface area contributed by atoms with Crippen LogP contribution in [0.2, 0.25) is 0 Å². The zero-order valence-corrected chi connectivity index (χ0v) is 44.3. The minimum absolute atomic E-state index is 0.0621. The fraction of sp³-hybridized carbons (Fsp3) is 0.949. The molecule has 0 spiro atoms. The Morgan fingerprint density at radius 1 is 0.246 bits per heavy atom. The van der Waals surface area contributed by atoms with Gasteiger partial charge in [0.05, 0.1) is 0 Å². The standard InChI is InChI=1S/C59H114O6/c1-4-7-10-13-16-18-20-22-23-24-25-26-27-28-29-30-31-32-33-34-35-37-38-40-43-46-49-52-58(61)64-55-56(54-63-57(60)51-48-45-42-15-12-9-6-3)65-59(62)53-50-47-44-41-39-36-21-19-17-14-11-8-5-2/h56H,4-55H2,1-3H3. The molecule has 0 aliphatic carbocycles. The number of carbonyl (C=O) groups excluding carboxylic acids is 3. The monoisotopic (exact) mass is 919 g/mol. The summed E-state index contributed by atoms with van der Waals surface area (Å²) < 4.78 is 16.8. The van der Waals surface area contributed by atoms with Crippen molar-refractivity contribution in [2.75, 3.05) is 13.2 Å². The Bertz CT molecular complexity index is 967. The molecule has 0 radical (unpaired) electrons. The molecule has 0 heterocycles. The Labute approximate surface area is 406 Å². The van der Waals surface area contributed by atoms with Gasteiger partial charge >= 0.3 is 17.9 Å². The fourth-order valence-corrected chi connectivity index (χ4v) is 9.15. The predicted molar refractivity (Wildman–Crippen MR) is 280 cm³/mol. The lowest BCUT2D eigenvalue weighted by Crippen LogP contribution is -2.30. The largest absolute Gasteiger partial charge is 0.462 e. The van der Waals surface area contributed by atoms with Crippen molar-refractivity contribution in [3.05, 3.63) is 0 Å². The SMILES string of the molecule is CCCCCCCCCCCCCCCCCCCCCCCCCCCCCC(=O)OCC(COC(=O)CCCCCCCCC)OC(=O)CCCCCCCCCCCCCCC. The second kappa shape index (κ2) is 55.0. The van der Waals surface area contributed by atoms with Gasteiger partial charge < -0.3 is 14.2 Å². The first-order valence-electron chi connectivity index (χ1n) is 29.5. The highest BCUT2D eigenvalue weighted by Crippen LogP contribution is 2.18. The summed E-state index contributed by atoms with van der Waals surface area (Å²) in [6.45, 7) is 6.65. The molecule has 0 aromatic heterocycles. The quantitative estimate of drug-likeness (QED) is 0.0344. The molecule has 1 unspecified atom stereocenters. The van der Waals surface area contributed by atoms with Crippen LogP contribution in [0, 0.1) is 0 Å². The molecule has 0 saturated carbocycles. The van der Waals surface area contributed by atoms with Crippen LogP contribution in [0.1, 0.15) is 342 Å². The first kappa shape index (κ1) is 63.4. The van der Waals surface area contributed by atoms with E-state index in [1.165, 1.54) is 244 Å². The topological polar surface area (TPSA) is 78.9 Å². The smallest absolute Gasteiger partial charge is 0.306 e. The molecular formula is C59H114O6. The van der Waals surface area contributed by atoms with E-state index in [4.69, 9.17) is 14.2 Å². The number of ether oxygens (including phenoxy) is 3. The molecule has 0 rings (SSSR count). The lowest BCUT2D eigenvalue weighted by atomic mass is 10.0. The van der Waals surface area contributed by atoms with Gasteiger partial charge in [0, 0.05) is 19.3 Å². The summed E-state index contributed by atoms with van der Waals surface area (Å²) in [4.78, 5) is 37.9. The number of rotatable bonds is 55. The summed E-state index contributed by atoms with van der Waals surface area (Å²) in [5, 5.41) is 0. The molecule has 1 atom stereocenters. The molecule has 0 amide bonds. The van der Waals surface area contributed by atoms with Crippen LogP contribution in [0.4, 0.5) is 0 Å². The van der Waals surface area contributed by atoms with Crippen molar-refractivity contribution in [2.45, 2.75) is 348 Å². The van der Waals surface area contributed by atoms with Gasteiger partial charge in [-0.1, -0.05) is 303 Å². The Morgan fingerprint density at radius 3 is 0.615 bits per heavy atom. The number of hydrogen-bond acceptors (Lipinski definition) is 6. The minimum Gasteiger partial charge on any atom is -0.462 e. The molecular weight excluding hydrogens is 805 g/mol. The van der Waals surface area contributed by atoms with Crippen LogP contribution in [0.3, 0.4) is 0 Å². The maximum Gasteiger partial charge on any atom is 0.306 e. The Morgan fingerprint density at radius 2 is 0.415 bits per heavy atom. The van der Waals surface area contributed by atoms with Crippen LogP contribution in [-0.4, -0.2) is 37.2 Å². The van der Waals surface area contributed by atoms with Gasteiger partial charge in [0.2, 0.25) is 0 Å². The van der Waals surface area contributed by atoms with Crippen molar-refractivity contribution in [2.24, 2.45) is 0 Å². The number of carbonyl (C=O) groups is 3. The Kier molecular flexibility index (Phi) is 53.7. The van der Waals surface area contributed by atoms with Crippen LogP contribution in [0.25, 0.3) is 0 Å². The van der Waals surface area contributed by atoms with Gasteiger partial charge in [-0.15, -0.1) is 0 Å². The van der Waals surface area contributed by atoms with E-state index in [2.05, 4.69) is 20.8 Å². The lowest BCUT2D eigenvalue weighted by Gasteiger charge is -2.18. The maximum absolute atomic E-state index is 12.8. The van der Waals surface area contributed by atoms with Gasteiger partial charge in [0.1, 0.15) is 13.2 Å². The van der Waals surface area contributed by atoms with Crippen LogP contribution >= 0.6 is 0 Å². The third kappa shape index (κ3) is 53.2. The second-order valence-corrected chi connectivity index (χ2v) is 20.3. The van der Waals surface area contributed by atoms with Crippen molar-refractivity contribution < 1.29 is 28.6 Å². The molecule has 0 N–H and O–H groups in total. The van der Waals surface area contributed by atoms with Gasteiger partial charge in [-0.05, 0) is 19.3 Å². The summed E-state index contributed by atoms with van der Waals surface area (Å²) in [5.41, 5.74) is 0. The van der Waals surface area contributed by atoms with Crippen LogP contribution < -0.4 is 0 Å². The average molecular weight is 920 g/mol. The van der Waals surface area contributed by atoms with E-state index in [1.54, 1.807) is 0 Å². The maximum atomic E-state index is 12.8. The molecule has 0 aromatic rings. The fourth-order valence-electron chi connectivity index (χ4n) is 9.15. The Balaban J connectivity index is 3.99. The molecule has 386 valence electrons.